The largest absolute Gasteiger partial charge is 0.444 e. The summed E-state index contributed by atoms with van der Waals surface area (Å²) < 4.78 is 11.6. The quantitative estimate of drug-likeness (QED) is 0.735. The highest BCUT2D eigenvalue weighted by Crippen LogP contribution is 2.46. The van der Waals surface area contributed by atoms with E-state index in [0.717, 1.165) is 19.5 Å². The molecule has 5 heteroatoms. The van der Waals surface area contributed by atoms with Crippen LogP contribution in [0.1, 0.15) is 40.0 Å². The number of hydrogen-bond acceptors (Lipinski definition) is 4. The van der Waals surface area contributed by atoms with E-state index in [1.165, 1.54) is 12.8 Å². The number of likely N-dealkylation sites (tertiary alicyclic amines) is 1. The molecule has 3 fully saturated rings. The van der Waals surface area contributed by atoms with Gasteiger partial charge in [-0.25, -0.2) is 4.79 Å². The zero-order valence-corrected chi connectivity index (χ0v) is 12.8. The van der Waals surface area contributed by atoms with E-state index in [1.807, 2.05) is 25.7 Å². The van der Waals surface area contributed by atoms with E-state index in [0.29, 0.717) is 13.1 Å². The van der Waals surface area contributed by atoms with Crippen LogP contribution < -0.4 is 5.32 Å². The molecule has 0 saturated carbocycles. The number of amides is 1. The van der Waals surface area contributed by atoms with Gasteiger partial charge >= 0.3 is 6.09 Å². The van der Waals surface area contributed by atoms with Gasteiger partial charge in [0, 0.05) is 12.0 Å². The first kappa shape index (κ1) is 14.1. The molecule has 114 valence electrons. The second-order valence-corrected chi connectivity index (χ2v) is 7.48. The molecule has 3 heterocycles. The molecule has 3 aliphatic rings. The first-order valence-electron chi connectivity index (χ1n) is 7.72. The molecule has 2 bridgehead atoms. The predicted molar refractivity (Wildman–Crippen MR) is 75.6 cm³/mol. The average Bonchev–Trinajstić information content (AvgIpc) is 2.59. The number of carbonyl (C=O) groups excluding carboxylic acids is 1. The van der Waals surface area contributed by atoms with Crippen molar-refractivity contribution in [1.29, 1.82) is 0 Å². The summed E-state index contributed by atoms with van der Waals surface area (Å²) in [5.74, 6) is 0. The van der Waals surface area contributed by atoms with E-state index in [9.17, 15) is 4.79 Å². The third-order valence-electron chi connectivity index (χ3n) is 4.64. The van der Waals surface area contributed by atoms with Crippen molar-refractivity contribution < 1.29 is 14.3 Å². The van der Waals surface area contributed by atoms with E-state index in [1.54, 1.807) is 0 Å². The Labute approximate surface area is 121 Å². The van der Waals surface area contributed by atoms with E-state index in [4.69, 9.17) is 9.47 Å². The predicted octanol–water partition coefficient (Wildman–Crippen LogP) is 1.76. The maximum atomic E-state index is 12.2. The second kappa shape index (κ2) is 4.88. The van der Waals surface area contributed by atoms with Crippen LogP contribution in [0.2, 0.25) is 0 Å². The molecule has 1 N–H and O–H groups in total. The van der Waals surface area contributed by atoms with Gasteiger partial charge in [-0.2, -0.15) is 0 Å². The molecule has 3 aliphatic heterocycles. The molecule has 0 aromatic carbocycles. The Bertz CT molecular complexity index is 385. The minimum atomic E-state index is -0.432. The molecule has 3 atom stereocenters. The van der Waals surface area contributed by atoms with E-state index in [-0.39, 0.29) is 23.7 Å². The molecule has 0 aliphatic carbocycles. The molecular weight excluding hydrogens is 256 g/mol. The Balaban J connectivity index is 1.67. The van der Waals surface area contributed by atoms with Gasteiger partial charge in [-0.3, -0.25) is 0 Å². The fraction of sp³-hybridized carbons (Fsp3) is 0.933. The van der Waals surface area contributed by atoms with Gasteiger partial charge in [0.05, 0.1) is 25.3 Å². The Morgan fingerprint density at radius 3 is 2.85 bits per heavy atom. The molecule has 3 unspecified atom stereocenters. The zero-order chi connectivity index (χ0) is 14.4. The van der Waals surface area contributed by atoms with Crippen LogP contribution in [-0.4, -0.2) is 55.0 Å². The van der Waals surface area contributed by atoms with E-state index >= 15 is 0 Å². The van der Waals surface area contributed by atoms with Crippen molar-refractivity contribution in [1.82, 2.24) is 10.2 Å². The highest BCUT2D eigenvalue weighted by atomic mass is 16.6. The minimum Gasteiger partial charge on any atom is -0.444 e. The molecule has 20 heavy (non-hydrogen) atoms. The maximum absolute atomic E-state index is 12.2. The first-order chi connectivity index (χ1) is 9.38. The molecule has 0 aromatic rings. The second-order valence-electron chi connectivity index (χ2n) is 7.48. The van der Waals surface area contributed by atoms with Gasteiger partial charge in [-0.1, -0.05) is 0 Å². The van der Waals surface area contributed by atoms with Gasteiger partial charge in [-0.05, 0) is 46.6 Å². The smallest absolute Gasteiger partial charge is 0.410 e. The number of ether oxygens (including phenoxy) is 2. The molecule has 0 aromatic heterocycles. The van der Waals surface area contributed by atoms with Gasteiger partial charge in [0.25, 0.3) is 0 Å². The summed E-state index contributed by atoms with van der Waals surface area (Å²) in [6.07, 6.45) is 3.64. The van der Waals surface area contributed by atoms with Crippen LogP contribution in [0.4, 0.5) is 4.79 Å². The minimum absolute atomic E-state index is 0.168. The summed E-state index contributed by atoms with van der Waals surface area (Å²) in [5.41, 5.74) is -0.196. The van der Waals surface area contributed by atoms with Gasteiger partial charge in [-0.15, -0.1) is 0 Å². The van der Waals surface area contributed by atoms with E-state index in [2.05, 4.69) is 5.32 Å². The van der Waals surface area contributed by atoms with Crippen molar-refractivity contribution in [3.05, 3.63) is 0 Å². The Kier molecular flexibility index (Phi) is 3.45. The highest BCUT2D eigenvalue weighted by Gasteiger charge is 2.53. The van der Waals surface area contributed by atoms with Gasteiger partial charge in [0.1, 0.15) is 5.60 Å². The van der Waals surface area contributed by atoms with Crippen LogP contribution >= 0.6 is 0 Å². The number of carbonyl (C=O) groups is 1. The molecule has 3 saturated heterocycles. The van der Waals surface area contributed by atoms with Crippen LogP contribution in [0.15, 0.2) is 0 Å². The summed E-state index contributed by atoms with van der Waals surface area (Å²) >= 11 is 0. The zero-order valence-electron chi connectivity index (χ0n) is 12.8. The Hall–Kier alpha value is -0.810. The van der Waals surface area contributed by atoms with Crippen LogP contribution in [0.5, 0.6) is 0 Å². The summed E-state index contributed by atoms with van der Waals surface area (Å²) in [4.78, 5) is 14.1. The lowest BCUT2D eigenvalue weighted by atomic mass is 9.74. The first-order valence-corrected chi connectivity index (χ1v) is 7.72. The number of nitrogens with one attached hydrogen (secondary N) is 1. The van der Waals surface area contributed by atoms with Gasteiger partial charge < -0.3 is 19.7 Å². The van der Waals surface area contributed by atoms with Crippen molar-refractivity contribution in [2.24, 2.45) is 5.41 Å². The number of nitrogens with zero attached hydrogens (tertiary/aromatic N) is 1. The average molecular weight is 282 g/mol. The molecule has 1 spiro atoms. The summed E-state index contributed by atoms with van der Waals surface area (Å²) in [5, 5.41) is 3.50. The number of piperidine rings is 1. The number of hydrogen-bond donors (Lipinski definition) is 1. The normalized spacial score (nSPS) is 37.2. The van der Waals surface area contributed by atoms with Crippen LogP contribution in [-0.2, 0) is 9.47 Å². The molecule has 1 amide bonds. The van der Waals surface area contributed by atoms with Crippen molar-refractivity contribution >= 4 is 6.09 Å². The number of morpholine rings is 1. The van der Waals surface area contributed by atoms with Crippen molar-refractivity contribution in [3.63, 3.8) is 0 Å². The van der Waals surface area contributed by atoms with Gasteiger partial charge in [0.2, 0.25) is 0 Å². The SMILES string of the molecule is CC(C)(C)OC(=O)N1CC2CC3(CCCNC3)C(C1)O2. The third kappa shape index (κ3) is 2.66. The fourth-order valence-corrected chi connectivity index (χ4v) is 3.79. The molecule has 5 nitrogen and oxygen atoms in total. The number of rotatable bonds is 0. The van der Waals surface area contributed by atoms with Gasteiger partial charge in [0.15, 0.2) is 0 Å². The lowest BCUT2D eigenvalue weighted by molar-refractivity contribution is -0.0693. The molecular formula is C15H26N2O3. The van der Waals surface area contributed by atoms with Crippen molar-refractivity contribution in [2.45, 2.75) is 57.8 Å². The van der Waals surface area contributed by atoms with E-state index < -0.39 is 5.60 Å². The third-order valence-corrected chi connectivity index (χ3v) is 4.64. The molecule has 3 rings (SSSR count). The fourth-order valence-electron chi connectivity index (χ4n) is 3.79. The molecule has 0 radical (unpaired) electrons. The van der Waals surface area contributed by atoms with Crippen molar-refractivity contribution in [3.8, 4) is 0 Å². The standard InChI is InChI=1S/C15H26N2O3/c1-14(2,3)20-13(18)17-8-11-7-15(12(9-17)19-11)5-4-6-16-10-15/h11-12,16H,4-10H2,1-3H3. The topological polar surface area (TPSA) is 50.8 Å². The lowest BCUT2D eigenvalue weighted by Gasteiger charge is -2.40. The Morgan fingerprint density at radius 1 is 1.40 bits per heavy atom. The monoisotopic (exact) mass is 282 g/mol. The maximum Gasteiger partial charge on any atom is 0.410 e. The number of fused-ring (bicyclic) bond motifs is 3. The van der Waals surface area contributed by atoms with Crippen molar-refractivity contribution in [2.75, 3.05) is 26.2 Å². The summed E-state index contributed by atoms with van der Waals surface area (Å²) in [6, 6.07) is 0. The highest BCUT2D eigenvalue weighted by molar-refractivity contribution is 5.68. The van der Waals surface area contributed by atoms with Crippen LogP contribution in [0, 0.1) is 5.41 Å². The van der Waals surface area contributed by atoms with Crippen LogP contribution in [0.25, 0.3) is 0 Å². The lowest BCUT2D eigenvalue weighted by Crippen LogP contribution is -2.52. The summed E-state index contributed by atoms with van der Waals surface area (Å²) in [6.45, 7) is 9.21. The Morgan fingerprint density at radius 2 is 2.20 bits per heavy atom. The summed E-state index contributed by atoms with van der Waals surface area (Å²) in [7, 11) is 0. The van der Waals surface area contributed by atoms with Crippen LogP contribution in [0.3, 0.4) is 0 Å².